The fourth-order valence-corrected chi connectivity index (χ4v) is 2.93. The summed E-state index contributed by atoms with van der Waals surface area (Å²) < 4.78 is 1.56. The lowest BCUT2D eigenvalue weighted by atomic mass is 10.3. The zero-order valence-electron chi connectivity index (χ0n) is 9.27. The molecule has 0 saturated carbocycles. The fourth-order valence-electron chi connectivity index (χ4n) is 1.52. The summed E-state index contributed by atoms with van der Waals surface area (Å²) in [5, 5.41) is 19.2. The third-order valence-electron chi connectivity index (χ3n) is 2.26. The van der Waals surface area contributed by atoms with Gasteiger partial charge in [0.25, 0.3) is 0 Å². The zero-order valence-corrected chi connectivity index (χ0v) is 10.9. The number of aldehydes is 1. The van der Waals surface area contributed by atoms with E-state index in [1.807, 2.05) is 24.4 Å². The van der Waals surface area contributed by atoms with Crippen LogP contribution in [0.4, 0.5) is 0 Å². The molecule has 0 aliphatic heterocycles. The van der Waals surface area contributed by atoms with E-state index >= 15 is 0 Å². The highest BCUT2D eigenvalue weighted by Crippen LogP contribution is 2.29. The summed E-state index contributed by atoms with van der Waals surface area (Å²) in [6.45, 7) is 1.86. The van der Waals surface area contributed by atoms with Crippen LogP contribution in [-0.2, 0) is 0 Å². The first-order valence-electron chi connectivity index (χ1n) is 5.05. The molecular formula is C10H7N5OS2. The van der Waals surface area contributed by atoms with Crippen LogP contribution in [0.1, 0.15) is 15.5 Å². The number of carbonyl (C=O) groups is 1. The molecule has 0 aromatic carbocycles. The van der Waals surface area contributed by atoms with E-state index in [0.717, 1.165) is 9.88 Å². The maximum atomic E-state index is 11.0. The molecule has 0 amide bonds. The average molecular weight is 277 g/mol. The van der Waals surface area contributed by atoms with E-state index in [1.165, 1.54) is 22.7 Å². The van der Waals surface area contributed by atoms with E-state index in [-0.39, 0.29) is 0 Å². The normalized spacial score (nSPS) is 10.7. The van der Waals surface area contributed by atoms with Gasteiger partial charge in [-0.05, 0) is 18.4 Å². The van der Waals surface area contributed by atoms with Gasteiger partial charge in [0.15, 0.2) is 12.0 Å². The molecule has 0 radical (unpaired) electrons. The number of carbonyl (C=O) groups excluding carboxylic acids is 1. The molecule has 0 bridgehead atoms. The van der Waals surface area contributed by atoms with Crippen LogP contribution in [0, 0.1) is 6.92 Å². The predicted octanol–water partition coefficient (Wildman–Crippen LogP) is 1.97. The van der Waals surface area contributed by atoms with Crippen molar-refractivity contribution in [1.29, 1.82) is 0 Å². The Hall–Kier alpha value is -1.93. The van der Waals surface area contributed by atoms with Crippen molar-refractivity contribution < 1.29 is 4.79 Å². The third kappa shape index (κ3) is 1.75. The van der Waals surface area contributed by atoms with E-state index in [1.54, 1.807) is 4.68 Å². The quantitative estimate of drug-likeness (QED) is 0.684. The average Bonchev–Trinajstić information content (AvgIpc) is 3.07. The lowest BCUT2D eigenvalue weighted by Crippen LogP contribution is -1.98. The van der Waals surface area contributed by atoms with E-state index in [0.29, 0.717) is 22.8 Å². The second kappa shape index (κ2) is 4.39. The van der Waals surface area contributed by atoms with Crippen LogP contribution < -0.4 is 0 Å². The summed E-state index contributed by atoms with van der Waals surface area (Å²) in [6.07, 6.45) is 0.701. The summed E-state index contributed by atoms with van der Waals surface area (Å²) >= 11 is 2.93. The van der Waals surface area contributed by atoms with Crippen molar-refractivity contribution in [3.8, 4) is 15.7 Å². The van der Waals surface area contributed by atoms with Crippen molar-refractivity contribution in [2.75, 3.05) is 0 Å². The van der Waals surface area contributed by atoms with Crippen LogP contribution in [0.2, 0.25) is 0 Å². The van der Waals surface area contributed by atoms with Gasteiger partial charge in [0.1, 0.15) is 10.7 Å². The summed E-state index contributed by atoms with van der Waals surface area (Å²) in [4.78, 5) is 12.0. The Morgan fingerprint density at radius 2 is 2.22 bits per heavy atom. The van der Waals surface area contributed by atoms with Crippen molar-refractivity contribution >= 4 is 29.0 Å². The topological polar surface area (TPSA) is 73.6 Å². The Kier molecular flexibility index (Phi) is 2.73. The Bertz CT molecular complexity index is 685. The van der Waals surface area contributed by atoms with Gasteiger partial charge in [0.2, 0.25) is 5.13 Å². The van der Waals surface area contributed by atoms with Gasteiger partial charge in [-0.2, -0.15) is 4.68 Å². The van der Waals surface area contributed by atoms with Crippen LogP contribution in [0.5, 0.6) is 0 Å². The van der Waals surface area contributed by atoms with Gasteiger partial charge in [-0.1, -0.05) is 22.6 Å². The van der Waals surface area contributed by atoms with Crippen molar-refractivity contribution in [2.45, 2.75) is 6.92 Å². The number of hydrogen-bond donors (Lipinski definition) is 0. The number of aromatic nitrogens is 5. The molecule has 3 aromatic rings. The Balaban J connectivity index is 2.22. The van der Waals surface area contributed by atoms with Crippen LogP contribution in [0.15, 0.2) is 17.5 Å². The monoisotopic (exact) mass is 277 g/mol. The minimum Gasteiger partial charge on any atom is -0.296 e. The molecule has 3 rings (SSSR count). The molecule has 0 spiro atoms. The molecule has 6 nitrogen and oxygen atoms in total. The maximum Gasteiger partial charge on any atom is 0.234 e. The first kappa shape index (κ1) is 11.2. The number of thiophene rings is 1. The van der Waals surface area contributed by atoms with E-state index < -0.39 is 0 Å². The van der Waals surface area contributed by atoms with Crippen LogP contribution in [0.3, 0.4) is 0 Å². The van der Waals surface area contributed by atoms with Gasteiger partial charge in [0, 0.05) is 0 Å². The smallest absolute Gasteiger partial charge is 0.234 e. The van der Waals surface area contributed by atoms with Gasteiger partial charge in [-0.15, -0.1) is 26.6 Å². The first-order chi connectivity index (χ1) is 8.79. The molecular weight excluding hydrogens is 270 g/mol. The van der Waals surface area contributed by atoms with Gasteiger partial charge in [-0.25, -0.2) is 0 Å². The molecule has 0 atom stereocenters. The van der Waals surface area contributed by atoms with Gasteiger partial charge >= 0.3 is 0 Å². The number of nitrogens with zero attached hydrogens (tertiary/aromatic N) is 5. The van der Waals surface area contributed by atoms with E-state index in [4.69, 9.17) is 0 Å². The molecule has 0 aliphatic rings. The molecule has 0 fully saturated rings. The number of rotatable bonds is 3. The van der Waals surface area contributed by atoms with Crippen LogP contribution in [0.25, 0.3) is 15.7 Å². The summed E-state index contributed by atoms with van der Waals surface area (Å²) in [5.74, 6) is 0. The SMILES string of the molecule is Cc1nnc(-n2nnc(C=O)c2-c2cccs2)s1. The number of aryl methyl sites for hydroxylation is 1. The molecule has 0 aliphatic carbocycles. The predicted molar refractivity (Wildman–Crippen MR) is 68.3 cm³/mol. The van der Waals surface area contributed by atoms with Gasteiger partial charge in [-0.3, -0.25) is 4.79 Å². The Morgan fingerprint density at radius 1 is 1.33 bits per heavy atom. The molecule has 18 heavy (non-hydrogen) atoms. The Morgan fingerprint density at radius 3 is 2.83 bits per heavy atom. The van der Waals surface area contributed by atoms with Crippen molar-refractivity contribution in [2.24, 2.45) is 0 Å². The molecule has 3 heterocycles. The number of hydrogen-bond acceptors (Lipinski definition) is 7. The van der Waals surface area contributed by atoms with Crippen molar-refractivity contribution in [1.82, 2.24) is 25.2 Å². The van der Waals surface area contributed by atoms with Crippen molar-refractivity contribution in [3.05, 3.63) is 28.2 Å². The fraction of sp³-hybridized carbons (Fsp3) is 0.100. The van der Waals surface area contributed by atoms with E-state index in [2.05, 4.69) is 20.5 Å². The third-order valence-corrected chi connectivity index (χ3v) is 3.95. The molecule has 0 saturated heterocycles. The van der Waals surface area contributed by atoms with E-state index in [9.17, 15) is 4.79 Å². The van der Waals surface area contributed by atoms with Crippen LogP contribution in [-0.4, -0.2) is 31.5 Å². The van der Waals surface area contributed by atoms with Gasteiger partial charge < -0.3 is 0 Å². The maximum absolute atomic E-state index is 11.0. The second-order valence-corrected chi connectivity index (χ2v) is 5.54. The standard InChI is InChI=1S/C10H7N5OS2/c1-6-11-13-10(18-6)15-9(7(5-16)12-14-15)8-3-2-4-17-8/h2-5H,1H3. The van der Waals surface area contributed by atoms with Gasteiger partial charge in [0.05, 0.1) is 4.88 Å². The first-order valence-corrected chi connectivity index (χ1v) is 6.74. The summed E-state index contributed by atoms with van der Waals surface area (Å²) in [6, 6.07) is 3.83. The highest BCUT2D eigenvalue weighted by Gasteiger charge is 2.18. The molecule has 3 aromatic heterocycles. The highest BCUT2D eigenvalue weighted by atomic mass is 32.1. The zero-order chi connectivity index (χ0) is 12.5. The largest absolute Gasteiger partial charge is 0.296 e. The minimum atomic E-state index is 0.310. The molecule has 8 heteroatoms. The molecule has 90 valence electrons. The molecule has 0 unspecified atom stereocenters. The highest BCUT2D eigenvalue weighted by molar-refractivity contribution is 7.14. The Labute approximate surface area is 110 Å². The summed E-state index contributed by atoms with van der Waals surface area (Å²) in [7, 11) is 0. The van der Waals surface area contributed by atoms with Crippen molar-refractivity contribution in [3.63, 3.8) is 0 Å². The second-order valence-electron chi connectivity index (χ2n) is 3.43. The molecule has 0 N–H and O–H groups in total. The lowest BCUT2D eigenvalue weighted by molar-refractivity contribution is 0.111. The summed E-state index contributed by atoms with van der Waals surface area (Å²) in [5.41, 5.74) is 0.974. The lowest BCUT2D eigenvalue weighted by Gasteiger charge is -1.99. The van der Waals surface area contributed by atoms with Crippen LogP contribution >= 0.6 is 22.7 Å². The minimum absolute atomic E-state index is 0.310.